The third-order valence-electron chi connectivity index (χ3n) is 2.75. The molecule has 6 nitrogen and oxygen atoms in total. The van der Waals surface area contributed by atoms with Crippen molar-refractivity contribution in [2.24, 2.45) is 5.92 Å². The molecule has 0 heterocycles. The Balaban J connectivity index is 2.05. The number of amides is 2. The Hall–Kier alpha value is -1.30. The van der Waals surface area contributed by atoms with E-state index in [0.717, 1.165) is 12.3 Å². The third kappa shape index (κ3) is 6.11. The van der Waals surface area contributed by atoms with Crippen LogP contribution in [0.3, 0.4) is 0 Å². The molecule has 1 unspecified atom stereocenters. The van der Waals surface area contributed by atoms with E-state index in [1.54, 1.807) is 0 Å². The summed E-state index contributed by atoms with van der Waals surface area (Å²) >= 11 is 0. The number of carboxylic acids is 1. The summed E-state index contributed by atoms with van der Waals surface area (Å²) in [6.45, 7) is 2.10. The van der Waals surface area contributed by atoms with Crippen LogP contribution in [0.4, 0.5) is 4.79 Å². The van der Waals surface area contributed by atoms with Gasteiger partial charge in [0.1, 0.15) is 0 Å². The molecule has 0 aromatic carbocycles. The number of aliphatic carboxylic acids is 1. The van der Waals surface area contributed by atoms with Crippen LogP contribution in [0.2, 0.25) is 0 Å². The van der Waals surface area contributed by atoms with Crippen LogP contribution < -0.4 is 10.6 Å². The van der Waals surface area contributed by atoms with Crippen LogP contribution in [-0.2, 0) is 4.79 Å². The number of nitrogens with one attached hydrogen (secondary N) is 2. The van der Waals surface area contributed by atoms with Gasteiger partial charge in [-0.05, 0) is 19.3 Å². The predicted octanol–water partition coefficient (Wildman–Crippen LogP) is 0.310. The molecule has 1 aliphatic carbocycles. The van der Waals surface area contributed by atoms with Crippen molar-refractivity contribution in [1.29, 1.82) is 0 Å². The van der Waals surface area contributed by atoms with E-state index >= 15 is 0 Å². The second kappa shape index (κ2) is 6.44. The van der Waals surface area contributed by atoms with Gasteiger partial charge >= 0.3 is 12.0 Å². The van der Waals surface area contributed by atoms with E-state index in [4.69, 9.17) is 10.2 Å². The maximum absolute atomic E-state index is 11.4. The molecule has 1 aliphatic rings. The van der Waals surface area contributed by atoms with Crippen LogP contribution in [0.1, 0.15) is 32.6 Å². The number of aliphatic hydroxyl groups excluding tert-OH is 1. The molecule has 2 atom stereocenters. The molecule has 0 aromatic rings. The van der Waals surface area contributed by atoms with Gasteiger partial charge in [0.05, 0.1) is 0 Å². The molecule has 0 radical (unpaired) electrons. The van der Waals surface area contributed by atoms with E-state index in [0.29, 0.717) is 0 Å². The van der Waals surface area contributed by atoms with Crippen LogP contribution in [0.25, 0.3) is 0 Å². The Morgan fingerprint density at radius 2 is 2.06 bits per heavy atom. The van der Waals surface area contributed by atoms with E-state index in [1.165, 1.54) is 12.8 Å². The second-order valence-electron chi connectivity index (χ2n) is 4.62. The summed E-state index contributed by atoms with van der Waals surface area (Å²) in [5, 5.41) is 22.7. The number of urea groups is 1. The molecule has 1 saturated carbocycles. The van der Waals surface area contributed by atoms with Gasteiger partial charge in [-0.1, -0.05) is 12.8 Å². The molecular weight excluding hydrogens is 224 g/mol. The molecule has 0 aliphatic heterocycles. The number of carboxylic acid groups (broad SMARTS) is 1. The summed E-state index contributed by atoms with van der Waals surface area (Å²) in [4.78, 5) is 21.7. The van der Waals surface area contributed by atoms with Crippen molar-refractivity contribution in [2.75, 3.05) is 6.54 Å². The maximum atomic E-state index is 11.4. The number of carbonyl (C=O) groups excluding carboxylic acids is 1. The number of hydrogen-bond donors (Lipinski definition) is 4. The first-order valence-corrected chi connectivity index (χ1v) is 5.94. The summed E-state index contributed by atoms with van der Waals surface area (Å²) in [5.74, 6) is -0.520. The fourth-order valence-electron chi connectivity index (χ4n) is 1.63. The monoisotopic (exact) mass is 244 g/mol. The first-order valence-electron chi connectivity index (χ1n) is 5.94. The molecule has 0 bridgehead atoms. The lowest BCUT2D eigenvalue weighted by Crippen LogP contribution is -2.42. The van der Waals surface area contributed by atoms with Crippen molar-refractivity contribution < 1.29 is 19.8 Å². The molecule has 0 spiro atoms. The van der Waals surface area contributed by atoms with Gasteiger partial charge in [-0.3, -0.25) is 0 Å². The van der Waals surface area contributed by atoms with Crippen LogP contribution in [0, 0.1) is 5.92 Å². The highest BCUT2D eigenvalue weighted by Crippen LogP contribution is 2.33. The zero-order valence-corrected chi connectivity index (χ0v) is 9.98. The van der Waals surface area contributed by atoms with Gasteiger partial charge in [-0.2, -0.15) is 0 Å². The number of carbonyl (C=O) groups is 2. The predicted molar refractivity (Wildman–Crippen MR) is 61.6 cm³/mol. The van der Waals surface area contributed by atoms with Crippen molar-refractivity contribution in [3.8, 4) is 0 Å². The molecule has 1 fully saturated rings. The minimum Gasteiger partial charge on any atom is -0.479 e. The van der Waals surface area contributed by atoms with Crippen molar-refractivity contribution in [3.63, 3.8) is 0 Å². The van der Waals surface area contributed by atoms with Gasteiger partial charge in [0.25, 0.3) is 0 Å². The first kappa shape index (κ1) is 13.8. The van der Waals surface area contributed by atoms with Crippen molar-refractivity contribution >= 4 is 12.0 Å². The number of hydrogen-bond acceptors (Lipinski definition) is 3. The fourth-order valence-corrected chi connectivity index (χ4v) is 1.63. The Kier molecular flexibility index (Phi) is 5.21. The average molecular weight is 244 g/mol. The van der Waals surface area contributed by atoms with Crippen LogP contribution >= 0.6 is 0 Å². The Morgan fingerprint density at radius 3 is 2.59 bits per heavy atom. The zero-order chi connectivity index (χ0) is 12.8. The van der Waals surface area contributed by atoms with E-state index in [-0.39, 0.29) is 25.0 Å². The van der Waals surface area contributed by atoms with E-state index in [2.05, 4.69) is 10.6 Å². The largest absolute Gasteiger partial charge is 0.479 e. The van der Waals surface area contributed by atoms with E-state index < -0.39 is 12.1 Å². The topological polar surface area (TPSA) is 98.7 Å². The highest BCUT2D eigenvalue weighted by atomic mass is 16.4. The fraction of sp³-hybridized carbons (Fsp3) is 0.818. The average Bonchev–Trinajstić information content (AvgIpc) is 3.00. The Labute approximate surface area is 100 Å². The van der Waals surface area contributed by atoms with Crippen LogP contribution in [0.5, 0.6) is 0 Å². The quantitative estimate of drug-likeness (QED) is 0.518. The third-order valence-corrected chi connectivity index (χ3v) is 2.75. The van der Waals surface area contributed by atoms with Crippen molar-refractivity contribution in [1.82, 2.24) is 10.6 Å². The second-order valence-corrected chi connectivity index (χ2v) is 4.62. The molecule has 2 amide bonds. The summed E-state index contributed by atoms with van der Waals surface area (Å²) in [6.07, 6.45) is 2.08. The SMILES string of the molecule is CC(CC1CC1)NC(=O)NCC[C@H](O)C(=O)O. The van der Waals surface area contributed by atoms with Crippen molar-refractivity contribution in [3.05, 3.63) is 0 Å². The summed E-state index contributed by atoms with van der Waals surface area (Å²) in [7, 11) is 0. The lowest BCUT2D eigenvalue weighted by molar-refractivity contribution is -0.146. The van der Waals surface area contributed by atoms with Gasteiger partial charge in [-0.25, -0.2) is 9.59 Å². The summed E-state index contributed by atoms with van der Waals surface area (Å²) in [6, 6.07) is -0.178. The molecule has 17 heavy (non-hydrogen) atoms. The van der Waals surface area contributed by atoms with E-state index in [1.807, 2.05) is 6.92 Å². The smallest absolute Gasteiger partial charge is 0.332 e. The lowest BCUT2D eigenvalue weighted by Gasteiger charge is -2.14. The Morgan fingerprint density at radius 1 is 1.41 bits per heavy atom. The standard InChI is InChI=1S/C11H20N2O4/c1-7(6-8-2-3-8)13-11(17)12-5-4-9(14)10(15)16/h7-9,14H,2-6H2,1H3,(H,15,16)(H2,12,13,17)/t7?,9-/m0/s1. The van der Waals surface area contributed by atoms with Gasteiger partial charge in [-0.15, -0.1) is 0 Å². The zero-order valence-electron chi connectivity index (χ0n) is 9.98. The lowest BCUT2D eigenvalue weighted by atomic mass is 10.2. The first-order chi connectivity index (χ1) is 7.99. The van der Waals surface area contributed by atoms with Gasteiger partial charge in [0, 0.05) is 19.0 Å². The van der Waals surface area contributed by atoms with Gasteiger partial charge < -0.3 is 20.8 Å². The number of aliphatic hydroxyl groups is 1. The van der Waals surface area contributed by atoms with Gasteiger partial charge in [0.15, 0.2) is 6.10 Å². The molecule has 1 rings (SSSR count). The van der Waals surface area contributed by atoms with Crippen LogP contribution in [-0.4, -0.2) is 40.9 Å². The summed E-state index contributed by atoms with van der Waals surface area (Å²) < 4.78 is 0. The van der Waals surface area contributed by atoms with Crippen LogP contribution in [0.15, 0.2) is 0 Å². The highest BCUT2D eigenvalue weighted by Gasteiger charge is 2.24. The molecule has 6 heteroatoms. The maximum Gasteiger partial charge on any atom is 0.332 e. The normalized spacial score (nSPS) is 18.2. The highest BCUT2D eigenvalue weighted by molar-refractivity contribution is 5.74. The van der Waals surface area contributed by atoms with Crippen molar-refractivity contribution in [2.45, 2.75) is 44.8 Å². The summed E-state index contributed by atoms with van der Waals surface area (Å²) in [5.41, 5.74) is 0. The minimum absolute atomic E-state index is 0.0137. The molecule has 4 N–H and O–H groups in total. The Bertz CT molecular complexity index is 279. The van der Waals surface area contributed by atoms with E-state index in [9.17, 15) is 9.59 Å². The number of rotatable bonds is 7. The molecule has 0 aromatic heterocycles. The molecular formula is C11H20N2O4. The molecule has 98 valence electrons. The molecule has 0 saturated heterocycles. The minimum atomic E-state index is -1.42. The van der Waals surface area contributed by atoms with Gasteiger partial charge in [0.2, 0.25) is 0 Å².